The Bertz CT molecular complexity index is 151. The predicted octanol–water partition coefficient (Wildman–Crippen LogP) is 0.344. The average Bonchev–Trinajstić information content (AvgIpc) is 2.13. The van der Waals surface area contributed by atoms with Gasteiger partial charge in [0.2, 0.25) is 0 Å². The van der Waals surface area contributed by atoms with Crippen LogP contribution in [-0.4, -0.2) is 39.0 Å². The highest BCUT2D eigenvalue weighted by Gasteiger charge is 1.99. The lowest BCUT2D eigenvalue weighted by Crippen LogP contribution is -2.30. The molecular formula is C9H20N2O3. The van der Waals surface area contributed by atoms with Crippen molar-refractivity contribution in [2.24, 2.45) is 11.7 Å². The third-order valence-electron chi connectivity index (χ3n) is 1.33. The Morgan fingerprint density at radius 2 is 2.14 bits per heavy atom. The number of ether oxygens (including phenoxy) is 2. The second-order valence-electron chi connectivity index (χ2n) is 3.32. The van der Waals surface area contributed by atoms with Crippen molar-refractivity contribution in [1.29, 1.82) is 0 Å². The summed E-state index contributed by atoms with van der Waals surface area (Å²) >= 11 is 0. The molecule has 0 aliphatic heterocycles. The summed E-state index contributed by atoms with van der Waals surface area (Å²) in [4.78, 5) is 10.9. The monoisotopic (exact) mass is 204 g/mol. The lowest BCUT2D eigenvalue weighted by molar-refractivity contribution is 0.0607. The van der Waals surface area contributed by atoms with Gasteiger partial charge in [-0.2, -0.15) is 0 Å². The maximum absolute atomic E-state index is 10.9. The lowest BCUT2D eigenvalue weighted by atomic mass is 10.2. The molecule has 1 amide bonds. The average molecular weight is 204 g/mol. The molecule has 0 bridgehead atoms. The Morgan fingerprint density at radius 3 is 2.71 bits per heavy atom. The summed E-state index contributed by atoms with van der Waals surface area (Å²) in [6.45, 7) is 6.39. The molecule has 0 spiro atoms. The number of carbonyl (C=O) groups is 1. The Morgan fingerprint density at radius 1 is 1.43 bits per heavy atom. The van der Waals surface area contributed by atoms with E-state index >= 15 is 0 Å². The van der Waals surface area contributed by atoms with Crippen molar-refractivity contribution in [2.75, 3.05) is 32.9 Å². The second kappa shape index (κ2) is 8.77. The van der Waals surface area contributed by atoms with Crippen LogP contribution in [0.15, 0.2) is 0 Å². The van der Waals surface area contributed by atoms with Crippen molar-refractivity contribution < 1.29 is 14.3 Å². The summed E-state index contributed by atoms with van der Waals surface area (Å²) in [7, 11) is 0. The molecule has 84 valence electrons. The summed E-state index contributed by atoms with van der Waals surface area (Å²) in [6, 6.07) is 0. The van der Waals surface area contributed by atoms with E-state index in [1.54, 1.807) is 0 Å². The zero-order valence-corrected chi connectivity index (χ0v) is 8.91. The SMILES string of the molecule is CC(C)COCCOC(=O)NCCN. The van der Waals surface area contributed by atoms with Crippen molar-refractivity contribution >= 4 is 6.09 Å². The molecule has 0 heterocycles. The minimum Gasteiger partial charge on any atom is -0.447 e. The van der Waals surface area contributed by atoms with Gasteiger partial charge in [0, 0.05) is 19.7 Å². The van der Waals surface area contributed by atoms with Crippen LogP contribution in [0.3, 0.4) is 0 Å². The van der Waals surface area contributed by atoms with Crippen molar-refractivity contribution in [1.82, 2.24) is 5.32 Å². The predicted molar refractivity (Wildman–Crippen MR) is 54.1 cm³/mol. The molecule has 0 rings (SSSR count). The van der Waals surface area contributed by atoms with Gasteiger partial charge in [-0.15, -0.1) is 0 Å². The number of nitrogens with one attached hydrogen (secondary N) is 1. The Labute approximate surface area is 84.9 Å². The van der Waals surface area contributed by atoms with Crippen LogP contribution in [0, 0.1) is 5.92 Å². The van der Waals surface area contributed by atoms with E-state index in [1.807, 2.05) is 0 Å². The number of hydrogen-bond acceptors (Lipinski definition) is 4. The number of carbonyl (C=O) groups excluding carboxylic acids is 1. The highest BCUT2D eigenvalue weighted by Crippen LogP contribution is 1.91. The van der Waals surface area contributed by atoms with Gasteiger partial charge in [-0.3, -0.25) is 0 Å². The number of rotatable bonds is 7. The van der Waals surface area contributed by atoms with Crippen LogP contribution in [-0.2, 0) is 9.47 Å². The molecular weight excluding hydrogens is 184 g/mol. The first-order valence-electron chi connectivity index (χ1n) is 4.85. The van der Waals surface area contributed by atoms with E-state index in [2.05, 4.69) is 19.2 Å². The molecule has 0 aliphatic carbocycles. The molecule has 0 radical (unpaired) electrons. The zero-order valence-electron chi connectivity index (χ0n) is 8.91. The van der Waals surface area contributed by atoms with Crippen LogP contribution in [0.4, 0.5) is 4.79 Å². The standard InChI is InChI=1S/C9H20N2O3/c1-8(2)7-13-5-6-14-9(12)11-4-3-10/h8H,3-7,10H2,1-2H3,(H,11,12). The molecule has 5 heteroatoms. The maximum atomic E-state index is 10.9. The minimum absolute atomic E-state index is 0.281. The first kappa shape index (κ1) is 13.2. The summed E-state index contributed by atoms with van der Waals surface area (Å²) in [5.41, 5.74) is 5.19. The molecule has 3 N–H and O–H groups in total. The van der Waals surface area contributed by atoms with Crippen molar-refractivity contribution in [2.45, 2.75) is 13.8 Å². The van der Waals surface area contributed by atoms with Gasteiger partial charge in [0.15, 0.2) is 0 Å². The topological polar surface area (TPSA) is 73.6 Å². The van der Waals surface area contributed by atoms with Gasteiger partial charge in [-0.05, 0) is 5.92 Å². The molecule has 14 heavy (non-hydrogen) atoms. The third-order valence-corrected chi connectivity index (χ3v) is 1.33. The van der Waals surface area contributed by atoms with Gasteiger partial charge in [-0.1, -0.05) is 13.8 Å². The highest BCUT2D eigenvalue weighted by molar-refractivity contribution is 5.66. The number of alkyl carbamates (subject to hydrolysis) is 1. The minimum atomic E-state index is -0.441. The van der Waals surface area contributed by atoms with Gasteiger partial charge in [0.25, 0.3) is 0 Å². The van der Waals surface area contributed by atoms with E-state index in [-0.39, 0.29) is 6.61 Å². The fraction of sp³-hybridized carbons (Fsp3) is 0.889. The van der Waals surface area contributed by atoms with Crippen LogP contribution < -0.4 is 11.1 Å². The van der Waals surface area contributed by atoms with Crippen molar-refractivity contribution in [3.8, 4) is 0 Å². The molecule has 0 saturated carbocycles. The maximum Gasteiger partial charge on any atom is 0.407 e. The molecule has 0 aromatic heterocycles. The van der Waals surface area contributed by atoms with Gasteiger partial charge < -0.3 is 20.5 Å². The van der Waals surface area contributed by atoms with Crippen molar-refractivity contribution in [3.63, 3.8) is 0 Å². The fourth-order valence-electron chi connectivity index (χ4n) is 0.738. The molecule has 5 nitrogen and oxygen atoms in total. The second-order valence-corrected chi connectivity index (χ2v) is 3.32. The van der Waals surface area contributed by atoms with Gasteiger partial charge in [0.05, 0.1) is 6.61 Å². The largest absolute Gasteiger partial charge is 0.447 e. The number of amides is 1. The molecule has 0 aromatic rings. The number of nitrogens with two attached hydrogens (primary N) is 1. The van der Waals surface area contributed by atoms with Gasteiger partial charge >= 0.3 is 6.09 Å². The zero-order chi connectivity index (χ0) is 10.8. The fourth-order valence-corrected chi connectivity index (χ4v) is 0.738. The van der Waals surface area contributed by atoms with E-state index in [0.29, 0.717) is 32.2 Å². The molecule has 0 saturated heterocycles. The van der Waals surface area contributed by atoms with E-state index in [0.717, 1.165) is 0 Å². The quantitative estimate of drug-likeness (QED) is 0.587. The van der Waals surface area contributed by atoms with Crippen LogP contribution in [0.5, 0.6) is 0 Å². The molecule has 0 unspecified atom stereocenters. The summed E-state index contributed by atoms with van der Waals surface area (Å²) < 4.78 is 10.0. The van der Waals surface area contributed by atoms with Crippen molar-refractivity contribution in [3.05, 3.63) is 0 Å². The third kappa shape index (κ3) is 9.28. The summed E-state index contributed by atoms with van der Waals surface area (Å²) in [6.07, 6.45) is -0.441. The van der Waals surface area contributed by atoms with Crippen LogP contribution in [0.1, 0.15) is 13.8 Å². The van der Waals surface area contributed by atoms with Gasteiger partial charge in [-0.25, -0.2) is 4.79 Å². The Balaban J connectivity index is 3.15. The normalized spacial score (nSPS) is 10.3. The van der Waals surface area contributed by atoms with E-state index in [1.165, 1.54) is 0 Å². The van der Waals surface area contributed by atoms with Crippen LogP contribution >= 0.6 is 0 Å². The van der Waals surface area contributed by atoms with E-state index in [4.69, 9.17) is 15.2 Å². The van der Waals surface area contributed by atoms with E-state index in [9.17, 15) is 4.79 Å². The molecule has 0 aliphatic rings. The van der Waals surface area contributed by atoms with E-state index < -0.39 is 6.09 Å². The Hall–Kier alpha value is -0.810. The number of hydrogen-bond donors (Lipinski definition) is 2. The summed E-state index contributed by atoms with van der Waals surface area (Å²) in [5.74, 6) is 0.501. The van der Waals surface area contributed by atoms with Crippen LogP contribution in [0.25, 0.3) is 0 Å². The molecule has 0 fully saturated rings. The van der Waals surface area contributed by atoms with Gasteiger partial charge in [0.1, 0.15) is 6.61 Å². The first-order valence-corrected chi connectivity index (χ1v) is 4.85. The van der Waals surface area contributed by atoms with Crippen LogP contribution in [0.2, 0.25) is 0 Å². The first-order chi connectivity index (χ1) is 6.66. The molecule has 0 atom stereocenters. The highest BCUT2D eigenvalue weighted by atomic mass is 16.6. The Kier molecular flexibility index (Phi) is 8.27. The summed E-state index contributed by atoms with van der Waals surface area (Å²) in [5, 5.41) is 2.49. The lowest BCUT2D eigenvalue weighted by Gasteiger charge is -2.08. The smallest absolute Gasteiger partial charge is 0.407 e. The molecule has 0 aromatic carbocycles.